The van der Waals surface area contributed by atoms with Crippen LogP contribution in [-0.2, 0) is 22.7 Å². The van der Waals surface area contributed by atoms with E-state index in [1.54, 1.807) is 9.58 Å². The minimum atomic E-state index is -0.754. The largest absolute Gasteiger partial charge is 0.351 e. The standard InChI is InChI=1S/C29H31N5O2/c35-27(21-34-26-19-11-10-18-25(26)31-32-34)33(20-22-12-4-1-5-13-22)28(23-14-6-2-7-15-23)29(36)30-24-16-8-3-9-17-24/h1-2,4-7,10-15,18-19,24,28H,3,8-9,16-17,20-21H2,(H,30,36)/t28-/m0/s1. The van der Waals surface area contributed by atoms with Crippen LogP contribution < -0.4 is 5.32 Å². The molecule has 1 fully saturated rings. The van der Waals surface area contributed by atoms with Gasteiger partial charge < -0.3 is 10.2 Å². The van der Waals surface area contributed by atoms with Gasteiger partial charge in [-0.15, -0.1) is 5.10 Å². The first-order chi connectivity index (χ1) is 17.7. The number of benzene rings is 3. The van der Waals surface area contributed by atoms with Crippen LogP contribution in [0.3, 0.4) is 0 Å². The number of fused-ring (bicyclic) bond motifs is 1. The summed E-state index contributed by atoms with van der Waals surface area (Å²) in [6.07, 6.45) is 5.40. The zero-order chi connectivity index (χ0) is 24.7. The van der Waals surface area contributed by atoms with E-state index < -0.39 is 6.04 Å². The lowest BCUT2D eigenvalue weighted by atomic mass is 9.94. The van der Waals surface area contributed by atoms with E-state index in [1.807, 2.05) is 84.9 Å². The zero-order valence-corrected chi connectivity index (χ0v) is 20.3. The Morgan fingerprint density at radius 2 is 1.56 bits per heavy atom. The smallest absolute Gasteiger partial charge is 0.247 e. The topological polar surface area (TPSA) is 80.1 Å². The third-order valence-corrected chi connectivity index (χ3v) is 6.85. The lowest BCUT2D eigenvalue weighted by molar-refractivity contribution is -0.142. The van der Waals surface area contributed by atoms with Crippen molar-refractivity contribution in [1.29, 1.82) is 0 Å². The van der Waals surface area contributed by atoms with Crippen LogP contribution in [0.1, 0.15) is 49.3 Å². The van der Waals surface area contributed by atoms with Crippen molar-refractivity contribution in [2.75, 3.05) is 0 Å². The van der Waals surface area contributed by atoms with Gasteiger partial charge in [-0.3, -0.25) is 9.59 Å². The van der Waals surface area contributed by atoms with Crippen LogP contribution in [0.4, 0.5) is 0 Å². The first-order valence-corrected chi connectivity index (χ1v) is 12.7. The van der Waals surface area contributed by atoms with E-state index >= 15 is 0 Å². The molecule has 0 unspecified atom stereocenters. The van der Waals surface area contributed by atoms with Crippen molar-refractivity contribution in [1.82, 2.24) is 25.2 Å². The molecule has 0 aliphatic heterocycles. The highest BCUT2D eigenvalue weighted by molar-refractivity contribution is 5.89. The van der Waals surface area contributed by atoms with Gasteiger partial charge in [0.1, 0.15) is 18.1 Å². The Hall–Kier alpha value is -4.00. The summed E-state index contributed by atoms with van der Waals surface area (Å²) in [6, 6.07) is 26.3. The third-order valence-electron chi connectivity index (χ3n) is 6.85. The predicted octanol–water partition coefficient (Wildman–Crippen LogP) is 4.65. The highest BCUT2D eigenvalue weighted by Crippen LogP contribution is 2.26. The van der Waals surface area contributed by atoms with Gasteiger partial charge in [0, 0.05) is 12.6 Å². The summed E-state index contributed by atoms with van der Waals surface area (Å²) < 4.78 is 1.61. The molecule has 5 rings (SSSR count). The number of para-hydroxylation sites is 1. The molecule has 4 aromatic rings. The summed E-state index contributed by atoms with van der Waals surface area (Å²) in [5.41, 5.74) is 3.27. The number of hydrogen-bond donors (Lipinski definition) is 1. The summed E-state index contributed by atoms with van der Waals surface area (Å²) in [5.74, 6) is -0.331. The quantitative estimate of drug-likeness (QED) is 0.397. The molecule has 1 heterocycles. The molecule has 1 atom stereocenters. The van der Waals surface area contributed by atoms with Crippen LogP contribution in [0, 0.1) is 0 Å². The minimum absolute atomic E-state index is 0.00656. The van der Waals surface area contributed by atoms with Gasteiger partial charge in [-0.1, -0.05) is 97.3 Å². The molecule has 184 valence electrons. The number of rotatable bonds is 8. The van der Waals surface area contributed by atoms with Crippen molar-refractivity contribution in [3.63, 3.8) is 0 Å². The fourth-order valence-corrected chi connectivity index (χ4v) is 4.99. The molecule has 1 aromatic heterocycles. The van der Waals surface area contributed by atoms with E-state index in [2.05, 4.69) is 15.6 Å². The van der Waals surface area contributed by atoms with Crippen LogP contribution in [0.25, 0.3) is 11.0 Å². The molecule has 1 aliphatic carbocycles. The van der Waals surface area contributed by atoms with Gasteiger partial charge in [0.05, 0.1) is 5.52 Å². The van der Waals surface area contributed by atoms with E-state index in [9.17, 15) is 9.59 Å². The fraction of sp³-hybridized carbons (Fsp3) is 0.310. The highest BCUT2D eigenvalue weighted by atomic mass is 16.2. The second-order valence-electron chi connectivity index (χ2n) is 9.40. The van der Waals surface area contributed by atoms with Crippen LogP contribution in [0.5, 0.6) is 0 Å². The van der Waals surface area contributed by atoms with Crippen molar-refractivity contribution in [2.45, 2.75) is 57.3 Å². The molecular weight excluding hydrogens is 450 g/mol. The molecule has 36 heavy (non-hydrogen) atoms. The number of aromatic nitrogens is 3. The van der Waals surface area contributed by atoms with Gasteiger partial charge in [0.15, 0.2) is 0 Å². The lowest BCUT2D eigenvalue weighted by Crippen LogP contribution is -2.47. The lowest BCUT2D eigenvalue weighted by Gasteiger charge is -2.33. The number of carbonyl (C=O) groups is 2. The van der Waals surface area contributed by atoms with Crippen molar-refractivity contribution < 1.29 is 9.59 Å². The fourth-order valence-electron chi connectivity index (χ4n) is 4.99. The summed E-state index contributed by atoms with van der Waals surface area (Å²) in [5, 5.41) is 11.7. The Bertz CT molecular complexity index is 1300. The van der Waals surface area contributed by atoms with Crippen molar-refractivity contribution >= 4 is 22.8 Å². The third kappa shape index (κ3) is 5.46. The minimum Gasteiger partial charge on any atom is -0.351 e. The van der Waals surface area contributed by atoms with Crippen molar-refractivity contribution in [3.05, 3.63) is 96.1 Å². The number of hydrogen-bond acceptors (Lipinski definition) is 4. The van der Waals surface area contributed by atoms with Crippen molar-refractivity contribution in [2.24, 2.45) is 0 Å². The molecule has 0 bridgehead atoms. The molecule has 7 heteroatoms. The molecule has 1 aliphatic rings. The summed E-state index contributed by atoms with van der Waals surface area (Å²) in [6.45, 7) is 0.303. The van der Waals surface area contributed by atoms with Gasteiger partial charge in [-0.2, -0.15) is 0 Å². The van der Waals surface area contributed by atoms with Gasteiger partial charge >= 0.3 is 0 Å². The molecule has 0 saturated heterocycles. The van der Waals surface area contributed by atoms with Crippen molar-refractivity contribution in [3.8, 4) is 0 Å². The van der Waals surface area contributed by atoms with Crippen LogP contribution >= 0.6 is 0 Å². The normalized spacial score (nSPS) is 14.9. The first kappa shape index (κ1) is 23.7. The predicted molar refractivity (Wildman–Crippen MR) is 139 cm³/mol. The average molecular weight is 482 g/mol. The van der Waals surface area contributed by atoms with E-state index in [0.29, 0.717) is 6.54 Å². The average Bonchev–Trinajstić information content (AvgIpc) is 3.33. The zero-order valence-electron chi connectivity index (χ0n) is 20.3. The molecular formula is C29H31N5O2. The Balaban J connectivity index is 1.49. The molecule has 1 saturated carbocycles. The van der Waals surface area contributed by atoms with Gasteiger partial charge in [-0.25, -0.2) is 4.68 Å². The van der Waals surface area contributed by atoms with E-state index in [-0.39, 0.29) is 24.4 Å². The maximum absolute atomic E-state index is 13.9. The Kier molecular flexibility index (Phi) is 7.36. The molecule has 0 spiro atoms. The van der Waals surface area contributed by atoms with E-state index in [0.717, 1.165) is 47.8 Å². The van der Waals surface area contributed by atoms with Crippen LogP contribution in [-0.4, -0.2) is 37.7 Å². The molecule has 0 radical (unpaired) electrons. The second-order valence-corrected chi connectivity index (χ2v) is 9.40. The maximum atomic E-state index is 13.9. The first-order valence-electron chi connectivity index (χ1n) is 12.7. The SMILES string of the molecule is O=C(NC1CCCCC1)[C@H](c1ccccc1)N(Cc1ccccc1)C(=O)Cn1nnc2ccccc21. The van der Waals surface area contributed by atoms with Crippen LogP contribution in [0.2, 0.25) is 0 Å². The molecule has 1 N–H and O–H groups in total. The van der Waals surface area contributed by atoms with Gasteiger partial charge in [-0.05, 0) is 36.1 Å². The number of amides is 2. The Morgan fingerprint density at radius 1 is 0.889 bits per heavy atom. The summed E-state index contributed by atoms with van der Waals surface area (Å²) in [4.78, 5) is 29.4. The van der Waals surface area contributed by atoms with E-state index in [1.165, 1.54) is 6.42 Å². The second kappa shape index (κ2) is 11.2. The highest BCUT2D eigenvalue weighted by Gasteiger charge is 2.33. The number of nitrogens with zero attached hydrogens (tertiary/aromatic N) is 4. The Labute approximate surface area is 211 Å². The van der Waals surface area contributed by atoms with Gasteiger partial charge in [0.2, 0.25) is 11.8 Å². The van der Waals surface area contributed by atoms with Gasteiger partial charge in [0.25, 0.3) is 0 Å². The summed E-state index contributed by atoms with van der Waals surface area (Å²) in [7, 11) is 0. The number of carbonyl (C=O) groups excluding carboxylic acids is 2. The Morgan fingerprint density at radius 3 is 2.31 bits per heavy atom. The van der Waals surface area contributed by atoms with Crippen LogP contribution in [0.15, 0.2) is 84.9 Å². The van der Waals surface area contributed by atoms with E-state index in [4.69, 9.17) is 0 Å². The molecule has 2 amide bonds. The monoisotopic (exact) mass is 481 g/mol. The maximum Gasteiger partial charge on any atom is 0.247 e. The number of nitrogens with one attached hydrogen (secondary N) is 1. The molecule has 7 nitrogen and oxygen atoms in total. The molecule has 3 aromatic carbocycles. The summed E-state index contributed by atoms with van der Waals surface area (Å²) >= 11 is 0.